The van der Waals surface area contributed by atoms with Gasteiger partial charge < -0.3 is 10.2 Å². The van der Waals surface area contributed by atoms with Gasteiger partial charge in [0.1, 0.15) is 11.6 Å². The number of rotatable bonds is 10. The standard InChI is InChI=1S/C42H37ClFN3O7/c43-24-11-9-23(10-12-24)42-33(39(52)47(41(42)54)45-26-15-13-25(44)14-16-26)22-32-30(37(42)29-19-20-34(48)28-7-4-3-6-27(28)29)17-18-31-36(32)40(53)46(38(31)51)21-5-1-2-8-35(49)50/h3-4,6-7,9-17,19-20,31-33,36-37,45,48H,1-2,5,8,18,21-22H2,(H,49,50)/t31-,32+,33-,36-,37-,42+/m0/s1. The molecular weight excluding hydrogens is 713 g/mol. The number of nitrogens with one attached hydrogen (secondary N) is 1. The molecule has 4 aromatic rings. The zero-order chi connectivity index (χ0) is 37.9. The number of phenolic OH excluding ortho intramolecular Hbond substituents is 1. The lowest BCUT2D eigenvalue weighted by Gasteiger charge is -2.51. The number of hydrazine groups is 1. The maximum atomic E-state index is 15.4. The number of imide groups is 2. The van der Waals surface area contributed by atoms with Gasteiger partial charge in [-0.15, -0.1) is 0 Å². The molecule has 3 fully saturated rings. The monoisotopic (exact) mass is 749 g/mol. The molecule has 0 aromatic heterocycles. The van der Waals surface area contributed by atoms with E-state index in [9.17, 15) is 28.7 Å². The summed E-state index contributed by atoms with van der Waals surface area (Å²) >= 11 is 6.39. The van der Waals surface area contributed by atoms with Gasteiger partial charge in [-0.1, -0.05) is 72.1 Å². The third-order valence-electron chi connectivity index (χ3n) is 11.9. The van der Waals surface area contributed by atoms with E-state index in [4.69, 9.17) is 16.7 Å². The molecule has 4 amide bonds. The van der Waals surface area contributed by atoms with Crippen LogP contribution in [0.25, 0.3) is 10.8 Å². The second-order valence-electron chi connectivity index (χ2n) is 14.6. The van der Waals surface area contributed by atoms with Crippen molar-refractivity contribution in [1.82, 2.24) is 9.91 Å². The van der Waals surface area contributed by atoms with E-state index in [1.54, 1.807) is 48.5 Å². The van der Waals surface area contributed by atoms with Crippen LogP contribution in [0.5, 0.6) is 5.75 Å². The van der Waals surface area contributed by atoms with E-state index in [1.807, 2.05) is 18.2 Å². The summed E-state index contributed by atoms with van der Waals surface area (Å²) in [6.07, 6.45) is 3.77. The van der Waals surface area contributed by atoms with Crippen LogP contribution in [0, 0.1) is 29.5 Å². The van der Waals surface area contributed by atoms with Crippen molar-refractivity contribution in [2.24, 2.45) is 23.7 Å². The first kappa shape index (κ1) is 35.5. The first-order valence-electron chi connectivity index (χ1n) is 18.2. The summed E-state index contributed by atoms with van der Waals surface area (Å²) in [5.41, 5.74) is 3.71. The van der Waals surface area contributed by atoms with Crippen LogP contribution in [-0.4, -0.2) is 56.3 Å². The number of allylic oxidation sites excluding steroid dienone is 2. The molecule has 1 saturated carbocycles. The Balaban J connectivity index is 1.29. The van der Waals surface area contributed by atoms with Crippen LogP contribution in [0.2, 0.25) is 5.02 Å². The molecule has 4 aromatic carbocycles. The van der Waals surface area contributed by atoms with Gasteiger partial charge in [0, 0.05) is 29.3 Å². The fraction of sp³-hybridized carbons (Fsp3) is 0.310. The van der Waals surface area contributed by atoms with E-state index < -0.39 is 58.6 Å². The molecule has 10 nitrogen and oxygen atoms in total. The van der Waals surface area contributed by atoms with Crippen LogP contribution < -0.4 is 5.43 Å². The summed E-state index contributed by atoms with van der Waals surface area (Å²) in [6.45, 7) is 0.170. The number of carbonyl (C=O) groups excluding carboxylic acids is 4. The summed E-state index contributed by atoms with van der Waals surface area (Å²) in [5.74, 6) is -6.85. The maximum absolute atomic E-state index is 15.4. The van der Waals surface area contributed by atoms with Gasteiger partial charge in [0.2, 0.25) is 11.8 Å². The third-order valence-corrected chi connectivity index (χ3v) is 12.1. The lowest BCUT2D eigenvalue weighted by atomic mass is 9.49. The van der Waals surface area contributed by atoms with E-state index in [2.05, 4.69) is 5.43 Å². The number of halogens is 2. The minimum Gasteiger partial charge on any atom is -0.507 e. The number of fused-ring (bicyclic) bond motifs is 5. The van der Waals surface area contributed by atoms with Crippen molar-refractivity contribution in [3.63, 3.8) is 0 Å². The first-order valence-corrected chi connectivity index (χ1v) is 18.5. The van der Waals surface area contributed by atoms with Crippen LogP contribution in [0.1, 0.15) is 55.6 Å². The minimum atomic E-state index is -1.56. The number of unbranched alkanes of at least 4 members (excludes halogenated alkanes) is 2. The number of benzene rings is 4. The van der Waals surface area contributed by atoms with Crippen LogP contribution in [0.3, 0.4) is 0 Å². The average Bonchev–Trinajstić information content (AvgIpc) is 3.53. The number of phenols is 1. The number of anilines is 1. The number of hydrogen-bond donors (Lipinski definition) is 3. The number of amides is 4. The number of likely N-dealkylation sites (tertiary alicyclic amines) is 1. The molecule has 3 N–H and O–H groups in total. The summed E-state index contributed by atoms with van der Waals surface area (Å²) in [5, 5.41) is 22.7. The molecule has 0 unspecified atom stereocenters. The van der Waals surface area contributed by atoms with Crippen molar-refractivity contribution in [3.05, 3.63) is 119 Å². The second kappa shape index (κ2) is 13.7. The summed E-state index contributed by atoms with van der Waals surface area (Å²) in [6, 6.07) is 22.8. The SMILES string of the molecule is O=C(O)CCCCCN1C(=O)[C@H]2[C@H](CC=C3[C@H]2C[C@H]2C(=O)N(Nc4ccc(F)cc4)C(=O)[C@@]2(c2ccc(Cl)cc2)[C@H]3c2ccc(O)c3ccccc23)C1=O. The van der Waals surface area contributed by atoms with Gasteiger partial charge in [-0.05, 0) is 90.6 Å². The Morgan fingerprint density at radius 2 is 1.57 bits per heavy atom. The number of carbonyl (C=O) groups is 5. The molecule has 2 heterocycles. The highest BCUT2D eigenvalue weighted by Crippen LogP contribution is 2.64. The smallest absolute Gasteiger partial charge is 0.303 e. The van der Waals surface area contributed by atoms with Gasteiger partial charge in [0.15, 0.2) is 0 Å². The predicted molar refractivity (Wildman–Crippen MR) is 197 cm³/mol. The zero-order valence-corrected chi connectivity index (χ0v) is 29.8. The van der Waals surface area contributed by atoms with Gasteiger partial charge in [-0.3, -0.25) is 34.3 Å². The summed E-state index contributed by atoms with van der Waals surface area (Å²) in [4.78, 5) is 70.8. The molecule has 12 heteroatoms. The number of nitrogens with zero attached hydrogens (tertiary/aromatic N) is 2. The van der Waals surface area contributed by atoms with Crippen molar-refractivity contribution in [3.8, 4) is 5.75 Å². The normalized spacial score (nSPS) is 26.1. The molecule has 276 valence electrons. The topological polar surface area (TPSA) is 144 Å². The van der Waals surface area contributed by atoms with Crippen molar-refractivity contribution in [2.45, 2.75) is 49.9 Å². The molecule has 8 rings (SSSR count). The van der Waals surface area contributed by atoms with Gasteiger partial charge in [0.05, 0.1) is 28.9 Å². The zero-order valence-electron chi connectivity index (χ0n) is 29.1. The van der Waals surface area contributed by atoms with E-state index in [0.717, 1.165) is 10.6 Å². The molecule has 4 aliphatic rings. The third kappa shape index (κ3) is 5.55. The molecule has 0 bridgehead atoms. The number of aliphatic carboxylic acids is 1. The summed E-state index contributed by atoms with van der Waals surface area (Å²) < 4.78 is 13.9. The first-order chi connectivity index (χ1) is 26.0. The number of aromatic hydroxyl groups is 1. The Hall–Kier alpha value is -5.55. The molecule has 2 aliphatic heterocycles. The Morgan fingerprint density at radius 1 is 0.852 bits per heavy atom. The lowest BCUT2D eigenvalue weighted by Crippen LogP contribution is -2.53. The summed E-state index contributed by atoms with van der Waals surface area (Å²) in [7, 11) is 0. The van der Waals surface area contributed by atoms with Crippen LogP contribution in [0.15, 0.2) is 96.6 Å². The highest BCUT2D eigenvalue weighted by molar-refractivity contribution is 6.30. The van der Waals surface area contributed by atoms with Crippen molar-refractivity contribution < 1.29 is 38.6 Å². The van der Waals surface area contributed by atoms with Gasteiger partial charge >= 0.3 is 5.97 Å². The number of carboxylic acids is 1. The molecule has 2 saturated heterocycles. The molecular formula is C42H37ClFN3O7. The van der Waals surface area contributed by atoms with E-state index >= 15 is 4.79 Å². The number of carboxylic acid groups (broad SMARTS) is 1. The highest BCUT2D eigenvalue weighted by Gasteiger charge is 2.70. The van der Waals surface area contributed by atoms with E-state index in [0.29, 0.717) is 51.9 Å². The Morgan fingerprint density at radius 3 is 2.30 bits per heavy atom. The minimum absolute atomic E-state index is 0.00632. The quantitative estimate of drug-likeness (QED) is 0.0897. The number of hydrogen-bond acceptors (Lipinski definition) is 7. The fourth-order valence-electron chi connectivity index (χ4n) is 9.57. The Bertz CT molecular complexity index is 2240. The average molecular weight is 750 g/mol. The van der Waals surface area contributed by atoms with Crippen LogP contribution in [-0.2, 0) is 29.4 Å². The molecule has 2 aliphatic carbocycles. The van der Waals surface area contributed by atoms with Crippen LogP contribution in [0.4, 0.5) is 10.1 Å². The largest absolute Gasteiger partial charge is 0.507 e. The van der Waals surface area contributed by atoms with Gasteiger partial charge in [-0.25, -0.2) is 4.39 Å². The second-order valence-corrected chi connectivity index (χ2v) is 15.1. The van der Waals surface area contributed by atoms with Gasteiger partial charge in [0.25, 0.3) is 11.8 Å². The van der Waals surface area contributed by atoms with E-state index in [1.165, 1.54) is 29.2 Å². The molecule has 0 spiro atoms. The Kier molecular flexibility index (Phi) is 9.00. The highest BCUT2D eigenvalue weighted by atomic mass is 35.5. The maximum Gasteiger partial charge on any atom is 0.303 e. The predicted octanol–water partition coefficient (Wildman–Crippen LogP) is 6.97. The van der Waals surface area contributed by atoms with Crippen molar-refractivity contribution >= 4 is 57.7 Å². The Labute approximate surface area is 315 Å². The molecule has 6 atom stereocenters. The van der Waals surface area contributed by atoms with E-state index in [-0.39, 0.29) is 43.4 Å². The van der Waals surface area contributed by atoms with Crippen molar-refractivity contribution in [2.75, 3.05) is 12.0 Å². The fourth-order valence-corrected chi connectivity index (χ4v) is 9.69. The van der Waals surface area contributed by atoms with Crippen LogP contribution >= 0.6 is 11.6 Å². The lowest BCUT2D eigenvalue weighted by molar-refractivity contribution is -0.141. The molecule has 0 radical (unpaired) electrons. The van der Waals surface area contributed by atoms with Gasteiger partial charge in [-0.2, -0.15) is 5.01 Å². The van der Waals surface area contributed by atoms with Crippen molar-refractivity contribution in [1.29, 1.82) is 0 Å². The molecule has 54 heavy (non-hydrogen) atoms.